The Morgan fingerprint density at radius 3 is 2.68 bits per heavy atom. The van der Waals surface area contributed by atoms with E-state index in [0.29, 0.717) is 15.3 Å². The number of hydrogen-bond donors (Lipinski definition) is 1. The number of nitrogens with zero attached hydrogens (tertiary/aromatic N) is 3. The van der Waals surface area contributed by atoms with Crippen molar-refractivity contribution in [2.75, 3.05) is 5.32 Å². The van der Waals surface area contributed by atoms with E-state index >= 15 is 0 Å². The van der Waals surface area contributed by atoms with Crippen LogP contribution in [0.2, 0.25) is 0 Å². The first kappa shape index (κ1) is 18.5. The number of carbonyl (C=O) groups excluding carboxylic acids is 1. The first-order valence-electron chi connectivity index (χ1n) is 8.77. The molecule has 4 rings (SSSR count). The molecule has 3 aromatic heterocycles. The van der Waals surface area contributed by atoms with Gasteiger partial charge in [-0.2, -0.15) is 0 Å². The van der Waals surface area contributed by atoms with Crippen molar-refractivity contribution in [1.82, 2.24) is 14.5 Å². The zero-order chi connectivity index (χ0) is 19.7. The molecule has 0 atom stereocenters. The molecule has 0 aliphatic rings. The number of anilines is 1. The lowest BCUT2D eigenvalue weighted by molar-refractivity contribution is -0.116. The van der Waals surface area contributed by atoms with Gasteiger partial charge in [0.2, 0.25) is 5.91 Å². The molecule has 4 aromatic rings. The summed E-state index contributed by atoms with van der Waals surface area (Å²) in [5.41, 5.74) is 2.92. The Morgan fingerprint density at radius 1 is 1.18 bits per heavy atom. The molecule has 142 valence electrons. The SMILES string of the molecule is Cc1ccc(-c2csc3ncn(CCC(=O)Nc4ncc(C)s4)c(=O)c23)cc1. The summed E-state index contributed by atoms with van der Waals surface area (Å²) in [6.07, 6.45) is 3.41. The summed E-state index contributed by atoms with van der Waals surface area (Å²) in [4.78, 5) is 35.4. The number of amides is 1. The number of aromatic nitrogens is 3. The van der Waals surface area contributed by atoms with Crippen molar-refractivity contribution in [2.24, 2.45) is 0 Å². The van der Waals surface area contributed by atoms with Gasteiger partial charge >= 0.3 is 0 Å². The molecule has 0 aliphatic heterocycles. The van der Waals surface area contributed by atoms with E-state index in [2.05, 4.69) is 15.3 Å². The molecule has 0 saturated heterocycles. The van der Waals surface area contributed by atoms with Crippen molar-refractivity contribution in [1.29, 1.82) is 0 Å². The van der Waals surface area contributed by atoms with Crippen LogP contribution in [-0.2, 0) is 11.3 Å². The van der Waals surface area contributed by atoms with Crippen LogP contribution < -0.4 is 10.9 Å². The van der Waals surface area contributed by atoms with Crippen LogP contribution in [0.25, 0.3) is 21.3 Å². The number of fused-ring (bicyclic) bond motifs is 1. The van der Waals surface area contributed by atoms with E-state index in [1.165, 1.54) is 39.1 Å². The van der Waals surface area contributed by atoms with Gasteiger partial charge in [0.25, 0.3) is 5.56 Å². The number of nitrogens with one attached hydrogen (secondary N) is 1. The van der Waals surface area contributed by atoms with E-state index in [1.807, 2.05) is 43.5 Å². The van der Waals surface area contributed by atoms with Gasteiger partial charge in [-0.1, -0.05) is 29.8 Å². The molecule has 8 heteroatoms. The molecular weight excluding hydrogens is 392 g/mol. The fourth-order valence-electron chi connectivity index (χ4n) is 2.89. The minimum absolute atomic E-state index is 0.125. The van der Waals surface area contributed by atoms with E-state index in [1.54, 1.807) is 6.20 Å². The number of hydrogen-bond acceptors (Lipinski definition) is 6. The van der Waals surface area contributed by atoms with Gasteiger partial charge in [-0.3, -0.25) is 14.2 Å². The largest absolute Gasteiger partial charge is 0.302 e. The summed E-state index contributed by atoms with van der Waals surface area (Å²) in [5, 5.41) is 5.90. The first-order valence-corrected chi connectivity index (χ1v) is 10.5. The van der Waals surface area contributed by atoms with Crippen molar-refractivity contribution < 1.29 is 4.79 Å². The van der Waals surface area contributed by atoms with Crippen molar-refractivity contribution in [3.8, 4) is 11.1 Å². The highest BCUT2D eigenvalue weighted by atomic mass is 32.1. The molecule has 0 fully saturated rings. The summed E-state index contributed by atoms with van der Waals surface area (Å²) < 4.78 is 1.50. The lowest BCUT2D eigenvalue weighted by Crippen LogP contribution is -2.23. The van der Waals surface area contributed by atoms with Gasteiger partial charge in [0.1, 0.15) is 4.83 Å². The van der Waals surface area contributed by atoms with Gasteiger partial charge in [0, 0.05) is 35.0 Å². The molecule has 0 aliphatic carbocycles. The molecule has 0 radical (unpaired) electrons. The second-order valence-electron chi connectivity index (χ2n) is 6.51. The number of thiazole rings is 1. The van der Waals surface area contributed by atoms with E-state index in [4.69, 9.17) is 0 Å². The van der Waals surface area contributed by atoms with Gasteiger partial charge in [-0.15, -0.1) is 22.7 Å². The first-order chi connectivity index (χ1) is 13.5. The van der Waals surface area contributed by atoms with Crippen LogP contribution in [0.15, 0.2) is 47.0 Å². The quantitative estimate of drug-likeness (QED) is 0.534. The normalized spacial score (nSPS) is 11.1. The maximum Gasteiger partial charge on any atom is 0.262 e. The summed E-state index contributed by atoms with van der Waals surface area (Å²) in [7, 11) is 0. The third-order valence-electron chi connectivity index (χ3n) is 4.37. The minimum atomic E-state index is -0.176. The van der Waals surface area contributed by atoms with E-state index in [-0.39, 0.29) is 24.4 Å². The van der Waals surface area contributed by atoms with Crippen LogP contribution in [-0.4, -0.2) is 20.4 Å². The molecule has 1 amide bonds. The van der Waals surface area contributed by atoms with Crippen molar-refractivity contribution in [3.05, 3.63) is 63.0 Å². The monoisotopic (exact) mass is 410 g/mol. The van der Waals surface area contributed by atoms with Crippen molar-refractivity contribution in [3.63, 3.8) is 0 Å². The maximum absolute atomic E-state index is 13.0. The lowest BCUT2D eigenvalue weighted by atomic mass is 10.1. The molecule has 0 saturated carbocycles. The van der Waals surface area contributed by atoms with Crippen LogP contribution in [0.5, 0.6) is 0 Å². The topological polar surface area (TPSA) is 76.9 Å². The van der Waals surface area contributed by atoms with Crippen LogP contribution in [0, 0.1) is 13.8 Å². The molecule has 1 aromatic carbocycles. The number of carbonyl (C=O) groups is 1. The van der Waals surface area contributed by atoms with Crippen molar-refractivity contribution >= 4 is 43.9 Å². The van der Waals surface area contributed by atoms with Crippen LogP contribution in [0.1, 0.15) is 16.9 Å². The average molecular weight is 411 g/mol. The Labute approximate surface area is 169 Å². The van der Waals surface area contributed by atoms with Gasteiger partial charge in [0.05, 0.1) is 11.7 Å². The Bertz CT molecular complexity index is 1210. The highest BCUT2D eigenvalue weighted by Crippen LogP contribution is 2.30. The van der Waals surface area contributed by atoms with Gasteiger partial charge in [0.15, 0.2) is 5.13 Å². The molecule has 6 nitrogen and oxygen atoms in total. The number of aryl methyl sites for hydroxylation is 3. The smallest absolute Gasteiger partial charge is 0.262 e. The number of thiophene rings is 1. The van der Waals surface area contributed by atoms with Crippen molar-refractivity contribution in [2.45, 2.75) is 26.8 Å². The predicted molar refractivity (Wildman–Crippen MR) is 114 cm³/mol. The van der Waals surface area contributed by atoms with Crippen LogP contribution >= 0.6 is 22.7 Å². The van der Waals surface area contributed by atoms with Gasteiger partial charge in [-0.05, 0) is 19.4 Å². The summed E-state index contributed by atoms with van der Waals surface area (Å²) in [6, 6.07) is 8.07. The number of benzene rings is 1. The van der Waals surface area contributed by atoms with E-state index < -0.39 is 0 Å². The second kappa shape index (κ2) is 7.65. The van der Waals surface area contributed by atoms with Gasteiger partial charge in [-0.25, -0.2) is 9.97 Å². The summed E-state index contributed by atoms with van der Waals surface area (Å²) in [5.74, 6) is -0.176. The third kappa shape index (κ3) is 3.74. The molecular formula is C20H18N4O2S2. The zero-order valence-electron chi connectivity index (χ0n) is 15.4. The second-order valence-corrected chi connectivity index (χ2v) is 8.61. The Balaban J connectivity index is 1.57. The third-order valence-corrected chi connectivity index (χ3v) is 6.09. The lowest BCUT2D eigenvalue weighted by Gasteiger charge is -2.06. The molecule has 0 bridgehead atoms. The highest BCUT2D eigenvalue weighted by Gasteiger charge is 2.14. The minimum Gasteiger partial charge on any atom is -0.302 e. The summed E-state index contributed by atoms with van der Waals surface area (Å²) >= 11 is 2.88. The fraction of sp³-hybridized carbons (Fsp3) is 0.200. The van der Waals surface area contributed by atoms with Crippen LogP contribution in [0.3, 0.4) is 0 Å². The Hall–Kier alpha value is -2.84. The Morgan fingerprint density at radius 2 is 1.96 bits per heavy atom. The molecule has 28 heavy (non-hydrogen) atoms. The molecule has 1 N–H and O–H groups in total. The fourth-order valence-corrected chi connectivity index (χ4v) is 4.48. The zero-order valence-corrected chi connectivity index (χ0v) is 17.1. The Kier molecular flexibility index (Phi) is 5.06. The molecule has 3 heterocycles. The molecule has 0 unspecified atom stereocenters. The van der Waals surface area contributed by atoms with Crippen LogP contribution in [0.4, 0.5) is 5.13 Å². The highest BCUT2D eigenvalue weighted by molar-refractivity contribution is 7.17. The standard InChI is InChI=1S/C20H18N4O2S2/c1-12-3-5-14(6-4-12)15-10-27-18-17(15)19(26)24(11-22-18)8-7-16(25)23-20-21-9-13(2)28-20/h3-6,9-11H,7-8H2,1-2H3,(H,21,23,25). The van der Waals surface area contributed by atoms with E-state index in [0.717, 1.165) is 16.0 Å². The number of rotatable bonds is 5. The average Bonchev–Trinajstić information content (AvgIpc) is 3.28. The van der Waals surface area contributed by atoms with Gasteiger partial charge < -0.3 is 5.32 Å². The predicted octanol–water partition coefficient (Wildman–Crippen LogP) is 4.23. The maximum atomic E-state index is 13.0. The van der Waals surface area contributed by atoms with E-state index in [9.17, 15) is 9.59 Å². The summed E-state index contributed by atoms with van der Waals surface area (Å²) in [6.45, 7) is 4.23. The molecule has 0 spiro atoms.